The number of aromatic nitrogens is 2. The van der Waals surface area contributed by atoms with Crippen LogP contribution in [0, 0.1) is 0 Å². The Morgan fingerprint density at radius 1 is 1.05 bits per heavy atom. The SMILES string of the molecule is CC(C)(C)c1ccc(Oc2nc(Cl)ncc2Cl)cc1. The topological polar surface area (TPSA) is 35.0 Å². The van der Waals surface area contributed by atoms with Gasteiger partial charge in [-0.25, -0.2) is 4.98 Å². The van der Waals surface area contributed by atoms with Crippen LogP contribution < -0.4 is 4.74 Å². The molecule has 3 nitrogen and oxygen atoms in total. The summed E-state index contributed by atoms with van der Waals surface area (Å²) in [6.45, 7) is 6.47. The molecular formula is C14H14Cl2N2O. The fourth-order valence-corrected chi connectivity index (χ4v) is 1.79. The van der Waals surface area contributed by atoms with E-state index in [1.807, 2.05) is 24.3 Å². The van der Waals surface area contributed by atoms with E-state index in [0.29, 0.717) is 10.8 Å². The molecule has 100 valence electrons. The first-order chi connectivity index (χ1) is 8.86. The Kier molecular flexibility index (Phi) is 3.97. The average Bonchev–Trinajstić information content (AvgIpc) is 2.33. The Morgan fingerprint density at radius 3 is 2.26 bits per heavy atom. The van der Waals surface area contributed by atoms with Crippen LogP contribution in [0.2, 0.25) is 10.3 Å². The Labute approximate surface area is 122 Å². The maximum Gasteiger partial charge on any atom is 0.242 e. The summed E-state index contributed by atoms with van der Waals surface area (Å²) in [5, 5.41) is 0.426. The predicted octanol–water partition coefficient (Wildman–Crippen LogP) is 4.87. The minimum atomic E-state index is 0.103. The lowest BCUT2D eigenvalue weighted by Crippen LogP contribution is -2.10. The summed E-state index contributed by atoms with van der Waals surface area (Å²) >= 11 is 11.6. The number of hydrogen-bond donors (Lipinski definition) is 0. The maximum atomic E-state index is 5.94. The van der Waals surface area contributed by atoms with Crippen molar-refractivity contribution < 1.29 is 4.74 Å². The van der Waals surface area contributed by atoms with Crippen molar-refractivity contribution in [3.63, 3.8) is 0 Å². The molecule has 0 spiro atoms. The normalized spacial score (nSPS) is 11.4. The summed E-state index contributed by atoms with van der Waals surface area (Å²) in [6.07, 6.45) is 1.41. The van der Waals surface area contributed by atoms with Crippen molar-refractivity contribution in [3.05, 3.63) is 46.3 Å². The third-order valence-corrected chi connectivity index (χ3v) is 3.06. The molecule has 0 amide bonds. The zero-order chi connectivity index (χ0) is 14.0. The van der Waals surface area contributed by atoms with Crippen molar-refractivity contribution in [3.8, 4) is 11.6 Å². The van der Waals surface area contributed by atoms with Gasteiger partial charge in [-0.05, 0) is 34.7 Å². The highest BCUT2D eigenvalue weighted by Crippen LogP contribution is 2.29. The van der Waals surface area contributed by atoms with Crippen LogP contribution in [0.5, 0.6) is 11.6 Å². The molecule has 0 aliphatic carbocycles. The van der Waals surface area contributed by atoms with E-state index in [-0.39, 0.29) is 16.6 Å². The summed E-state index contributed by atoms with van der Waals surface area (Å²) in [5.74, 6) is 0.912. The van der Waals surface area contributed by atoms with Gasteiger partial charge >= 0.3 is 0 Å². The average molecular weight is 297 g/mol. The monoisotopic (exact) mass is 296 g/mol. The molecule has 0 aliphatic heterocycles. The molecule has 0 saturated carbocycles. The van der Waals surface area contributed by atoms with Crippen LogP contribution in [-0.4, -0.2) is 9.97 Å². The summed E-state index contributed by atoms with van der Waals surface area (Å²) < 4.78 is 5.59. The third kappa shape index (κ3) is 3.58. The van der Waals surface area contributed by atoms with E-state index in [0.717, 1.165) is 0 Å². The largest absolute Gasteiger partial charge is 0.437 e. The minimum absolute atomic E-state index is 0.103. The fraction of sp³-hybridized carbons (Fsp3) is 0.286. The van der Waals surface area contributed by atoms with Gasteiger partial charge in [0.2, 0.25) is 11.2 Å². The van der Waals surface area contributed by atoms with Gasteiger partial charge in [0.15, 0.2) is 0 Å². The van der Waals surface area contributed by atoms with E-state index in [2.05, 4.69) is 30.7 Å². The number of ether oxygens (including phenoxy) is 1. The summed E-state index contributed by atoms with van der Waals surface area (Å²) in [6, 6.07) is 7.80. The molecule has 1 aromatic carbocycles. The molecule has 0 saturated heterocycles. The second-order valence-electron chi connectivity index (χ2n) is 5.17. The molecular weight excluding hydrogens is 283 g/mol. The highest BCUT2D eigenvalue weighted by molar-refractivity contribution is 6.32. The molecule has 0 atom stereocenters. The third-order valence-electron chi connectivity index (χ3n) is 2.62. The smallest absolute Gasteiger partial charge is 0.242 e. The zero-order valence-corrected chi connectivity index (χ0v) is 12.5. The summed E-state index contributed by atoms with van der Waals surface area (Å²) in [5.41, 5.74) is 1.33. The van der Waals surface area contributed by atoms with Gasteiger partial charge in [0.1, 0.15) is 10.8 Å². The van der Waals surface area contributed by atoms with Crippen molar-refractivity contribution >= 4 is 23.2 Å². The van der Waals surface area contributed by atoms with Crippen LogP contribution in [0.25, 0.3) is 0 Å². The second kappa shape index (κ2) is 5.35. The first-order valence-corrected chi connectivity index (χ1v) is 6.58. The number of benzene rings is 1. The lowest BCUT2D eigenvalue weighted by atomic mass is 9.87. The lowest BCUT2D eigenvalue weighted by molar-refractivity contribution is 0.461. The van der Waals surface area contributed by atoms with Gasteiger partial charge in [-0.2, -0.15) is 4.98 Å². The molecule has 0 aliphatic rings. The molecule has 1 heterocycles. The van der Waals surface area contributed by atoms with Gasteiger partial charge in [0, 0.05) is 0 Å². The zero-order valence-electron chi connectivity index (χ0n) is 10.9. The van der Waals surface area contributed by atoms with Crippen molar-refractivity contribution in [2.75, 3.05) is 0 Å². The van der Waals surface area contributed by atoms with E-state index >= 15 is 0 Å². The van der Waals surface area contributed by atoms with Gasteiger partial charge < -0.3 is 4.74 Å². The highest BCUT2D eigenvalue weighted by atomic mass is 35.5. The van der Waals surface area contributed by atoms with Crippen LogP contribution in [0.15, 0.2) is 30.5 Å². The van der Waals surface area contributed by atoms with Gasteiger partial charge in [-0.15, -0.1) is 0 Å². The Bertz CT molecular complexity index is 577. The first-order valence-electron chi connectivity index (χ1n) is 5.83. The molecule has 0 bridgehead atoms. The number of hydrogen-bond acceptors (Lipinski definition) is 3. The van der Waals surface area contributed by atoms with E-state index in [9.17, 15) is 0 Å². The Hall–Kier alpha value is -1.32. The molecule has 19 heavy (non-hydrogen) atoms. The van der Waals surface area contributed by atoms with Gasteiger partial charge in [0.25, 0.3) is 0 Å². The Morgan fingerprint density at radius 2 is 1.68 bits per heavy atom. The van der Waals surface area contributed by atoms with Crippen LogP contribution >= 0.6 is 23.2 Å². The fourth-order valence-electron chi connectivity index (χ4n) is 1.54. The highest BCUT2D eigenvalue weighted by Gasteiger charge is 2.13. The van der Waals surface area contributed by atoms with Gasteiger partial charge in [0.05, 0.1) is 6.20 Å². The minimum Gasteiger partial charge on any atom is -0.437 e. The van der Waals surface area contributed by atoms with Crippen molar-refractivity contribution in [2.45, 2.75) is 26.2 Å². The van der Waals surface area contributed by atoms with Gasteiger partial charge in [-0.1, -0.05) is 44.5 Å². The van der Waals surface area contributed by atoms with E-state index in [4.69, 9.17) is 27.9 Å². The standard InChI is InChI=1S/C14H14Cl2N2O/c1-14(2,3)9-4-6-10(7-5-9)19-12-11(15)8-17-13(16)18-12/h4-8H,1-3H3. The molecule has 1 aromatic heterocycles. The number of nitrogens with zero attached hydrogens (tertiary/aromatic N) is 2. The van der Waals surface area contributed by atoms with Crippen LogP contribution in [0.3, 0.4) is 0 Å². The summed E-state index contributed by atoms with van der Waals surface area (Å²) in [4.78, 5) is 7.71. The van der Waals surface area contributed by atoms with E-state index in [1.165, 1.54) is 11.8 Å². The molecule has 0 radical (unpaired) electrons. The van der Waals surface area contributed by atoms with Crippen molar-refractivity contribution in [1.29, 1.82) is 0 Å². The van der Waals surface area contributed by atoms with Crippen LogP contribution in [0.4, 0.5) is 0 Å². The quantitative estimate of drug-likeness (QED) is 0.741. The number of rotatable bonds is 2. The molecule has 0 fully saturated rings. The molecule has 5 heteroatoms. The Balaban J connectivity index is 2.22. The molecule has 2 aromatic rings. The lowest BCUT2D eigenvalue weighted by Gasteiger charge is -2.19. The molecule has 0 N–H and O–H groups in total. The van der Waals surface area contributed by atoms with Gasteiger partial charge in [-0.3, -0.25) is 0 Å². The summed E-state index contributed by atoms with van der Waals surface area (Å²) in [7, 11) is 0. The molecule has 2 rings (SSSR count). The second-order valence-corrected chi connectivity index (χ2v) is 5.91. The number of halogens is 2. The predicted molar refractivity (Wildman–Crippen MR) is 77.3 cm³/mol. The van der Waals surface area contributed by atoms with Crippen LogP contribution in [0.1, 0.15) is 26.3 Å². The maximum absolute atomic E-state index is 5.94. The van der Waals surface area contributed by atoms with E-state index < -0.39 is 0 Å². The van der Waals surface area contributed by atoms with Crippen molar-refractivity contribution in [1.82, 2.24) is 9.97 Å². The first kappa shape index (κ1) is 14.1. The van der Waals surface area contributed by atoms with Crippen molar-refractivity contribution in [2.24, 2.45) is 0 Å². The molecule has 0 unspecified atom stereocenters. The van der Waals surface area contributed by atoms with Crippen LogP contribution in [-0.2, 0) is 5.41 Å². The van der Waals surface area contributed by atoms with E-state index in [1.54, 1.807) is 0 Å².